The predicted octanol–water partition coefficient (Wildman–Crippen LogP) is 6.18. The van der Waals surface area contributed by atoms with Gasteiger partial charge in [0.1, 0.15) is 0 Å². The Kier molecular flexibility index (Phi) is 5.00. The fourth-order valence-electron chi connectivity index (χ4n) is 3.88. The van der Waals surface area contributed by atoms with Gasteiger partial charge in [0, 0.05) is 6.42 Å². The molecule has 0 fully saturated rings. The van der Waals surface area contributed by atoms with Crippen LogP contribution in [0.4, 0.5) is 13.2 Å². The molecule has 1 aromatic carbocycles. The second-order valence-electron chi connectivity index (χ2n) is 7.88. The van der Waals surface area contributed by atoms with E-state index >= 15 is 0 Å². The summed E-state index contributed by atoms with van der Waals surface area (Å²) in [7, 11) is 0. The van der Waals surface area contributed by atoms with Gasteiger partial charge < -0.3 is 5.43 Å². The topological polar surface area (TPSA) is 24.4 Å². The summed E-state index contributed by atoms with van der Waals surface area (Å²) in [5.74, 6) is 0. The van der Waals surface area contributed by atoms with Crippen molar-refractivity contribution in [3.05, 3.63) is 58.7 Å². The van der Waals surface area contributed by atoms with Crippen LogP contribution in [0.3, 0.4) is 0 Å². The van der Waals surface area contributed by atoms with Gasteiger partial charge in [-0.05, 0) is 60.9 Å². The molecule has 140 valence electrons. The van der Waals surface area contributed by atoms with Gasteiger partial charge in [-0.25, -0.2) is 0 Å². The highest BCUT2D eigenvalue weighted by atomic mass is 19.4. The SMILES string of the molecule is CC1=C(/C=C/C2=NNC(c3cccc(C(F)(F)F)c3)C2)C(C)(C)CCC1. The third-order valence-electron chi connectivity index (χ3n) is 5.38. The highest BCUT2D eigenvalue weighted by Gasteiger charge is 2.31. The standard InChI is InChI=1S/C21H25F3N2/c1-14-6-5-11-20(2,3)18(14)10-9-17-13-19(26-25-17)15-7-4-8-16(12-15)21(22,23)24/h4,7-10,12,19,26H,5-6,11,13H2,1-3H3/b10-9+. The highest BCUT2D eigenvalue weighted by Crippen LogP contribution is 2.41. The first-order valence-corrected chi connectivity index (χ1v) is 9.04. The predicted molar refractivity (Wildman–Crippen MR) is 98.8 cm³/mol. The second kappa shape index (κ2) is 6.93. The van der Waals surface area contributed by atoms with Crippen molar-refractivity contribution in [3.8, 4) is 0 Å². The van der Waals surface area contributed by atoms with Crippen molar-refractivity contribution in [3.63, 3.8) is 0 Å². The minimum absolute atomic E-state index is 0.159. The summed E-state index contributed by atoms with van der Waals surface area (Å²) in [6.07, 6.45) is 3.92. The molecular formula is C21H25F3N2. The normalized spacial score (nSPS) is 23.3. The zero-order chi connectivity index (χ0) is 18.9. The van der Waals surface area contributed by atoms with Crippen LogP contribution in [0.2, 0.25) is 0 Å². The van der Waals surface area contributed by atoms with E-state index in [1.807, 2.05) is 6.08 Å². The van der Waals surface area contributed by atoms with E-state index < -0.39 is 11.7 Å². The van der Waals surface area contributed by atoms with Gasteiger partial charge in [-0.2, -0.15) is 18.3 Å². The number of nitrogens with one attached hydrogen (secondary N) is 1. The molecule has 1 heterocycles. The number of hydrogen-bond donors (Lipinski definition) is 1. The van der Waals surface area contributed by atoms with Crippen molar-refractivity contribution in [2.75, 3.05) is 0 Å². The molecule has 2 nitrogen and oxygen atoms in total. The number of allylic oxidation sites excluding steroid dienone is 4. The molecule has 0 spiro atoms. The van der Waals surface area contributed by atoms with Crippen LogP contribution in [0.1, 0.15) is 63.6 Å². The monoisotopic (exact) mass is 362 g/mol. The van der Waals surface area contributed by atoms with Crippen molar-refractivity contribution in [1.82, 2.24) is 5.43 Å². The molecule has 3 rings (SSSR count). The van der Waals surface area contributed by atoms with Crippen molar-refractivity contribution < 1.29 is 13.2 Å². The second-order valence-corrected chi connectivity index (χ2v) is 7.88. The summed E-state index contributed by atoms with van der Waals surface area (Å²) in [5, 5.41) is 4.32. The molecule has 0 saturated carbocycles. The van der Waals surface area contributed by atoms with E-state index in [-0.39, 0.29) is 11.5 Å². The zero-order valence-electron chi connectivity index (χ0n) is 15.5. The number of benzene rings is 1. The summed E-state index contributed by atoms with van der Waals surface area (Å²) < 4.78 is 38.7. The van der Waals surface area contributed by atoms with Gasteiger partial charge in [-0.3, -0.25) is 0 Å². The lowest BCUT2D eigenvalue weighted by Gasteiger charge is -2.32. The first-order chi connectivity index (χ1) is 12.2. The van der Waals surface area contributed by atoms with E-state index in [4.69, 9.17) is 0 Å². The number of nitrogens with zero attached hydrogens (tertiary/aromatic N) is 1. The number of rotatable bonds is 3. The minimum atomic E-state index is -4.32. The van der Waals surface area contributed by atoms with Crippen molar-refractivity contribution in [2.24, 2.45) is 10.5 Å². The van der Waals surface area contributed by atoms with Crippen LogP contribution >= 0.6 is 0 Å². The fraction of sp³-hybridized carbons (Fsp3) is 0.476. The van der Waals surface area contributed by atoms with Crippen LogP contribution in [-0.2, 0) is 6.18 Å². The Morgan fingerprint density at radius 2 is 2.00 bits per heavy atom. The third kappa shape index (κ3) is 4.02. The fourth-order valence-corrected chi connectivity index (χ4v) is 3.88. The Morgan fingerprint density at radius 1 is 1.23 bits per heavy atom. The molecule has 0 bridgehead atoms. The summed E-state index contributed by atoms with van der Waals surface area (Å²) >= 11 is 0. The molecule has 1 aromatic rings. The van der Waals surface area contributed by atoms with E-state index in [0.717, 1.165) is 18.2 Å². The maximum absolute atomic E-state index is 12.9. The lowest BCUT2D eigenvalue weighted by molar-refractivity contribution is -0.137. The summed E-state index contributed by atoms with van der Waals surface area (Å²) in [5.41, 5.74) is 6.77. The smallest absolute Gasteiger partial charge is 0.302 e. The van der Waals surface area contributed by atoms with Gasteiger partial charge in [0.05, 0.1) is 17.3 Å². The van der Waals surface area contributed by atoms with E-state index in [1.54, 1.807) is 6.07 Å². The lowest BCUT2D eigenvalue weighted by atomic mass is 9.72. The quantitative estimate of drug-likeness (QED) is 0.682. The third-order valence-corrected chi connectivity index (χ3v) is 5.38. The molecule has 2 aliphatic rings. The van der Waals surface area contributed by atoms with Gasteiger partial charge in [0.25, 0.3) is 0 Å². The van der Waals surface area contributed by atoms with Crippen LogP contribution in [-0.4, -0.2) is 5.71 Å². The largest absolute Gasteiger partial charge is 0.416 e. The van der Waals surface area contributed by atoms with Crippen LogP contribution < -0.4 is 5.43 Å². The number of alkyl halides is 3. The van der Waals surface area contributed by atoms with Gasteiger partial charge >= 0.3 is 6.18 Å². The van der Waals surface area contributed by atoms with E-state index in [2.05, 4.69) is 37.4 Å². The Balaban J connectivity index is 1.71. The van der Waals surface area contributed by atoms with Gasteiger partial charge in [0.15, 0.2) is 0 Å². The summed E-state index contributed by atoms with van der Waals surface area (Å²) in [6.45, 7) is 6.70. The highest BCUT2D eigenvalue weighted by molar-refractivity contribution is 5.96. The maximum Gasteiger partial charge on any atom is 0.416 e. The van der Waals surface area contributed by atoms with Crippen LogP contribution in [0.5, 0.6) is 0 Å². The van der Waals surface area contributed by atoms with Crippen LogP contribution in [0.15, 0.2) is 52.7 Å². The molecule has 1 atom stereocenters. The van der Waals surface area contributed by atoms with Crippen molar-refractivity contribution >= 4 is 5.71 Å². The molecular weight excluding hydrogens is 337 g/mol. The average Bonchev–Trinajstić information content (AvgIpc) is 3.02. The Morgan fingerprint density at radius 3 is 2.69 bits per heavy atom. The van der Waals surface area contributed by atoms with Gasteiger partial charge in [-0.1, -0.05) is 37.6 Å². The molecule has 26 heavy (non-hydrogen) atoms. The molecule has 1 aliphatic carbocycles. The molecule has 0 amide bonds. The zero-order valence-corrected chi connectivity index (χ0v) is 15.5. The molecule has 5 heteroatoms. The van der Waals surface area contributed by atoms with Gasteiger partial charge in [0.2, 0.25) is 0 Å². The molecule has 1 aliphatic heterocycles. The summed E-state index contributed by atoms with van der Waals surface area (Å²) in [6, 6.07) is 5.25. The maximum atomic E-state index is 12.9. The molecule has 1 unspecified atom stereocenters. The van der Waals surface area contributed by atoms with E-state index in [1.165, 1.54) is 36.1 Å². The number of hydrogen-bond acceptors (Lipinski definition) is 2. The number of hydrazone groups is 1. The first-order valence-electron chi connectivity index (χ1n) is 9.04. The van der Waals surface area contributed by atoms with Crippen LogP contribution in [0.25, 0.3) is 0 Å². The Labute approximate surface area is 152 Å². The number of halogens is 3. The van der Waals surface area contributed by atoms with Crippen molar-refractivity contribution in [1.29, 1.82) is 0 Å². The minimum Gasteiger partial charge on any atom is -0.302 e. The Hall–Kier alpha value is -2.04. The van der Waals surface area contributed by atoms with E-state index in [0.29, 0.717) is 12.0 Å². The Bertz CT molecular complexity index is 770. The average molecular weight is 362 g/mol. The molecule has 0 aromatic heterocycles. The van der Waals surface area contributed by atoms with E-state index in [9.17, 15) is 13.2 Å². The van der Waals surface area contributed by atoms with Crippen molar-refractivity contribution in [2.45, 2.75) is 58.7 Å². The first kappa shape index (κ1) is 18.7. The molecule has 0 radical (unpaired) electrons. The van der Waals surface area contributed by atoms with Gasteiger partial charge in [-0.15, -0.1) is 0 Å². The molecule has 0 saturated heterocycles. The lowest BCUT2D eigenvalue weighted by Crippen LogP contribution is -2.19. The molecule has 1 N–H and O–H groups in total. The van der Waals surface area contributed by atoms with Crippen LogP contribution in [0, 0.1) is 5.41 Å². The summed E-state index contributed by atoms with van der Waals surface area (Å²) in [4.78, 5) is 0.